The van der Waals surface area contributed by atoms with Gasteiger partial charge in [-0.05, 0) is 6.42 Å². The molecule has 0 amide bonds. The van der Waals surface area contributed by atoms with E-state index >= 15 is 0 Å². The molecule has 0 N–H and O–H groups in total. The van der Waals surface area contributed by atoms with Crippen molar-refractivity contribution in [2.75, 3.05) is 0 Å². The Hall–Kier alpha value is -0.370. The van der Waals surface area contributed by atoms with Crippen LogP contribution in [-0.2, 0) is 6.54 Å². The Kier molecular flexibility index (Phi) is 8.68. The molecule has 15 heavy (non-hydrogen) atoms. The van der Waals surface area contributed by atoms with Gasteiger partial charge in [0.05, 0.1) is 0 Å². The van der Waals surface area contributed by atoms with Crippen LogP contribution in [0, 0.1) is 6.92 Å². The van der Waals surface area contributed by atoms with Crippen LogP contribution in [0.3, 0.4) is 0 Å². The first kappa shape index (κ1) is 14.6. The van der Waals surface area contributed by atoms with E-state index in [-0.39, 0.29) is 17.0 Å². The van der Waals surface area contributed by atoms with Crippen LogP contribution in [-0.4, -0.2) is 0 Å². The summed E-state index contributed by atoms with van der Waals surface area (Å²) in [6.07, 6.45) is 8.97. The molecule has 0 saturated carbocycles. The number of unbranched alkanes of at least 4 members (excludes halogenated alkanes) is 4. The zero-order valence-corrected chi connectivity index (χ0v) is 11.5. The van der Waals surface area contributed by atoms with Gasteiger partial charge in [-0.15, -0.1) is 0 Å². The molecule has 0 aromatic carbocycles. The second kappa shape index (κ2) is 8.90. The SMILES string of the molecule is CCCCCCC[n+]1ccccc1C.[Br-]. The molecule has 0 radical (unpaired) electrons. The highest BCUT2D eigenvalue weighted by atomic mass is 79.9. The molecule has 1 aromatic rings. The maximum atomic E-state index is 2.34. The second-order valence-corrected chi connectivity index (χ2v) is 3.95. The summed E-state index contributed by atoms with van der Waals surface area (Å²) in [6.45, 7) is 5.61. The molecule has 0 fully saturated rings. The van der Waals surface area contributed by atoms with Crippen molar-refractivity contribution in [2.45, 2.75) is 52.5 Å². The van der Waals surface area contributed by atoms with E-state index in [4.69, 9.17) is 0 Å². The first-order valence-corrected chi connectivity index (χ1v) is 5.79. The van der Waals surface area contributed by atoms with Gasteiger partial charge in [0.25, 0.3) is 0 Å². The van der Waals surface area contributed by atoms with E-state index in [0.29, 0.717) is 0 Å². The normalized spacial score (nSPS) is 9.73. The Labute approximate surface area is 104 Å². The molecule has 0 unspecified atom stereocenters. The molecule has 0 spiro atoms. The summed E-state index contributed by atoms with van der Waals surface area (Å²) in [5, 5.41) is 0. The molecule has 2 heteroatoms. The standard InChI is InChI=1S/C13H22N.BrH/c1-3-4-5-6-8-11-14-12-9-7-10-13(14)2;/h7,9-10,12H,3-6,8,11H2,1-2H3;1H/q+1;/p-1. The van der Waals surface area contributed by atoms with Crippen LogP contribution in [0.4, 0.5) is 0 Å². The Morgan fingerprint density at radius 3 is 2.47 bits per heavy atom. The van der Waals surface area contributed by atoms with Gasteiger partial charge >= 0.3 is 0 Å². The minimum absolute atomic E-state index is 0. The van der Waals surface area contributed by atoms with Crippen LogP contribution in [0.15, 0.2) is 24.4 Å². The smallest absolute Gasteiger partial charge is 0.178 e. The lowest BCUT2D eigenvalue weighted by molar-refractivity contribution is -0.703. The van der Waals surface area contributed by atoms with Crippen molar-refractivity contribution in [3.8, 4) is 0 Å². The van der Waals surface area contributed by atoms with Crippen molar-refractivity contribution in [3.63, 3.8) is 0 Å². The van der Waals surface area contributed by atoms with Crippen molar-refractivity contribution in [3.05, 3.63) is 30.1 Å². The number of rotatable bonds is 6. The van der Waals surface area contributed by atoms with E-state index in [1.165, 1.54) is 44.3 Å². The highest BCUT2D eigenvalue weighted by Gasteiger charge is 2.02. The monoisotopic (exact) mass is 271 g/mol. The van der Waals surface area contributed by atoms with Crippen molar-refractivity contribution in [2.24, 2.45) is 0 Å². The first-order chi connectivity index (χ1) is 6.84. The van der Waals surface area contributed by atoms with Crippen LogP contribution >= 0.6 is 0 Å². The molecule has 0 aliphatic carbocycles. The van der Waals surface area contributed by atoms with Gasteiger partial charge in [-0.3, -0.25) is 0 Å². The number of hydrogen-bond acceptors (Lipinski definition) is 0. The summed E-state index contributed by atoms with van der Waals surface area (Å²) in [6, 6.07) is 6.38. The highest BCUT2D eigenvalue weighted by Crippen LogP contribution is 2.02. The molecular formula is C13H22BrN. The van der Waals surface area contributed by atoms with Gasteiger partial charge in [-0.2, -0.15) is 0 Å². The molecule has 0 atom stereocenters. The molecule has 0 aliphatic heterocycles. The molecule has 1 heterocycles. The summed E-state index contributed by atoms with van der Waals surface area (Å²) in [7, 11) is 0. The predicted molar refractivity (Wildman–Crippen MR) is 60.1 cm³/mol. The lowest BCUT2D eigenvalue weighted by Gasteiger charge is -2.00. The van der Waals surface area contributed by atoms with Crippen LogP contribution in [0.25, 0.3) is 0 Å². The van der Waals surface area contributed by atoms with Crippen LogP contribution in [0.2, 0.25) is 0 Å². The average molecular weight is 272 g/mol. The number of hydrogen-bond donors (Lipinski definition) is 0. The number of aryl methyl sites for hydroxylation is 2. The number of pyridine rings is 1. The van der Waals surface area contributed by atoms with Crippen molar-refractivity contribution in [1.29, 1.82) is 0 Å². The van der Waals surface area contributed by atoms with Gasteiger partial charge in [-0.1, -0.05) is 32.3 Å². The summed E-state index contributed by atoms with van der Waals surface area (Å²) in [5.74, 6) is 0. The van der Waals surface area contributed by atoms with Gasteiger partial charge < -0.3 is 17.0 Å². The fourth-order valence-corrected chi connectivity index (χ4v) is 1.70. The van der Waals surface area contributed by atoms with Gasteiger partial charge in [-0.25, -0.2) is 4.57 Å². The molecule has 0 saturated heterocycles. The zero-order chi connectivity index (χ0) is 10.2. The van der Waals surface area contributed by atoms with E-state index in [0.717, 1.165) is 0 Å². The van der Waals surface area contributed by atoms with E-state index in [2.05, 4.69) is 42.8 Å². The summed E-state index contributed by atoms with van der Waals surface area (Å²) >= 11 is 0. The minimum Gasteiger partial charge on any atom is -1.00 e. The lowest BCUT2D eigenvalue weighted by Crippen LogP contribution is -3.00. The van der Waals surface area contributed by atoms with Crippen molar-refractivity contribution < 1.29 is 21.5 Å². The Balaban J connectivity index is 0.00000196. The highest BCUT2D eigenvalue weighted by molar-refractivity contribution is 4.93. The van der Waals surface area contributed by atoms with Crippen LogP contribution in [0.5, 0.6) is 0 Å². The predicted octanol–water partition coefficient (Wildman–Crippen LogP) is 0.257. The third kappa shape index (κ3) is 5.93. The Morgan fingerprint density at radius 1 is 1.07 bits per heavy atom. The van der Waals surface area contributed by atoms with Gasteiger partial charge in [0.15, 0.2) is 11.9 Å². The number of aromatic nitrogens is 1. The van der Waals surface area contributed by atoms with E-state index in [1.54, 1.807) is 0 Å². The van der Waals surface area contributed by atoms with E-state index in [1.807, 2.05) is 0 Å². The maximum absolute atomic E-state index is 2.34. The van der Waals surface area contributed by atoms with Crippen molar-refractivity contribution in [1.82, 2.24) is 0 Å². The maximum Gasteiger partial charge on any atom is 0.178 e. The number of halogens is 1. The first-order valence-electron chi connectivity index (χ1n) is 5.79. The molecule has 1 aromatic heterocycles. The molecule has 1 nitrogen and oxygen atoms in total. The van der Waals surface area contributed by atoms with Crippen LogP contribution < -0.4 is 21.5 Å². The lowest BCUT2D eigenvalue weighted by atomic mass is 10.1. The summed E-state index contributed by atoms with van der Waals surface area (Å²) in [4.78, 5) is 0. The molecule has 86 valence electrons. The van der Waals surface area contributed by atoms with Crippen LogP contribution in [0.1, 0.15) is 44.7 Å². The number of nitrogens with zero attached hydrogens (tertiary/aromatic N) is 1. The van der Waals surface area contributed by atoms with Gasteiger partial charge in [0.2, 0.25) is 0 Å². The topological polar surface area (TPSA) is 3.88 Å². The molecule has 1 rings (SSSR count). The minimum atomic E-state index is 0. The average Bonchev–Trinajstić information content (AvgIpc) is 2.20. The molecular weight excluding hydrogens is 250 g/mol. The fraction of sp³-hybridized carbons (Fsp3) is 0.615. The zero-order valence-electron chi connectivity index (χ0n) is 9.88. The second-order valence-electron chi connectivity index (χ2n) is 3.95. The largest absolute Gasteiger partial charge is 1.00 e. The van der Waals surface area contributed by atoms with E-state index < -0.39 is 0 Å². The van der Waals surface area contributed by atoms with Crippen molar-refractivity contribution >= 4 is 0 Å². The fourth-order valence-electron chi connectivity index (χ4n) is 1.70. The van der Waals surface area contributed by atoms with Gasteiger partial charge in [0.1, 0.15) is 6.54 Å². The Bertz CT molecular complexity index is 260. The summed E-state index contributed by atoms with van der Waals surface area (Å²) < 4.78 is 2.34. The molecule has 0 bridgehead atoms. The Morgan fingerprint density at radius 2 is 1.80 bits per heavy atom. The summed E-state index contributed by atoms with van der Waals surface area (Å²) in [5.41, 5.74) is 1.36. The quantitative estimate of drug-likeness (QED) is 0.516. The van der Waals surface area contributed by atoms with E-state index in [9.17, 15) is 0 Å². The third-order valence-corrected chi connectivity index (χ3v) is 2.67. The third-order valence-electron chi connectivity index (χ3n) is 2.67. The molecule has 0 aliphatic rings. The van der Waals surface area contributed by atoms with Gasteiger partial charge in [0, 0.05) is 25.5 Å².